The number of rotatable bonds is 6. The first kappa shape index (κ1) is 27.9. The Balaban J connectivity index is 1.29. The summed E-state index contributed by atoms with van der Waals surface area (Å²) in [5.74, 6) is 0. The molecule has 0 radical (unpaired) electrons. The van der Waals surface area contributed by atoms with Crippen molar-refractivity contribution in [3.05, 3.63) is 187 Å². The van der Waals surface area contributed by atoms with Gasteiger partial charge in [0.05, 0.1) is 5.69 Å². The fourth-order valence-corrected chi connectivity index (χ4v) is 7.12. The second-order valence-electron chi connectivity index (χ2n) is 12.6. The van der Waals surface area contributed by atoms with Gasteiger partial charge in [-0.25, -0.2) is 0 Å². The summed E-state index contributed by atoms with van der Waals surface area (Å²) in [4.78, 5) is 2.41. The molecule has 1 aliphatic rings. The second-order valence-corrected chi connectivity index (χ2v) is 12.6. The summed E-state index contributed by atoms with van der Waals surface area (Å²) in [5, 5.41) is 0. The summed E-state index contributed by atoms with van der Waals surface area (Å²) in [6.45, 7) is 4.69. The molecular weight excluding hydrogens is 555 g/mol. The van der Waals surface area contributed by atoms with Crippen molar-refractivity contribution in [2.75, 3.05) is 4.90 Å². The third-order valence-electron chi connectivity index (χ3n) is 9.46. The molecule has 0 atom stereocenters. The number of hydrogen-bond acceptors (Lipinski definition) is 1. The lowest BCUT2D eigenvalue weighted by molar-refractivity contribution is 0.660. The highest BCUT2D eigenvalue weighted by Gasteiger charge is 2.35. The van der Waals surface area contributed by atoms with Crippen molar-refractivity contribution >= 4 is 17.1 Å². The summed E-state index contributed by atoms with van der Waals surface area (Å²) in [5.41, 5.74) is 16.0. The van der Waals surface area contributed by atoms with Crippen LogP contribution in [0.1, 0.15) is 25.0 Å². The number of para-hydroxylation sites is 1. The molecule has 0 amide bonds. The van der Waals surface area contributed by atoms with Gasteiger partial charge in [-0.1, -0.05) is 153 Å². The molecule has 0 bridgehead atoms. The van der Waals surface area contributed by atoms with E-state index in [1.165, 1.54) is 55.6 Å². The number of anilines is 3. The van der Waals surface area contributed by atoms with Gasteiger partial charge in [-0.05, 0) is 86.5 Å². The Hall–Kier alpha value is -5.66. The van der Waals surface area contributed by atoms with Gasteiger partial charge in [0.25, 0.3) is 0 Å². The second kappa shape index (κ2) is 11.4. The van der Waals surface area contributed by atoms with Crippen LogP contribution in [0.4, 0.5) is 17.1 Å². The van der Waals surface area contributed by atoms with E-state index in [1.807, 2.05) is 0 Å². The summed E-state index contributed by atoms with van der Waals surface area (Å²) in [6, 6.07) is 63.8. The lowest BCUT2D eigenvalue weighted by Gasteiger charge is -2.29. The molecule has 7 aromatic carbocycles. The topological polar surface area (TPSA) is 3.24 Å². The molecule has 0 aromatic heterocycles. The first-order chi connectivity index (χ1) is 22.6. The number of benzene rings is 7. The first-order valence-electron chi connectivity index (χ1n) is 16.0. The highest BCUT2D eigenvalue weighted by Crippen LogP contribution is 2.50. The molecule has 1 aliphatic carbocycles. The van der Waals surface area contributed by atoms with Crippen LogP contribution < -0.4 is 4.90 Å². The van der Waals surface area contributed by atoms with E-state index in [0.29, 0.717) is 0 Å². The van der Waals surface area contributed by atoms with E-state index in [4.69, 9.17) is 0 Å². The van der Waals surface area contributed by atoms with E-state index in [1.54, 1.807) is 0 Å². The van der Waals surface area contributed by atoms with E-state index >= 15 is 0 Å². The minimum atomic E-state index is -0.0436. The van der Waals surface area contributed by atoms with Crippen molar-refractivity contribution in [2.24, 2.45) is 0 Å². The molecule has 0 heterocycles. The molecule has 1 nitrogen and oxygen atoms in total. The molecule has 0 saturated heterocycles. The lowest BCUT2D eigenvalue weighted by atomic mass is 9.81. The van der Waals surface area contributed by atoms with Crippen LogP contribution in [0, 0.1) is 0 Å². The maximum Gasteiger partial charge on any atom is 0.0540 e. The molecule has 0 spiro atoms. The summed E-state index contributed by atoms with van der Waals surface area (Å²) < 4.78 is 0. The van der Waals surface area contributed by atoms with Crippen LogP contribution >= 0.6 is 0 Å². The van der Waals surface area contributed by atoms with E-state index in [-0.39, 0.29) is 5.41 Å². The molecular formula is C45H35N. The van der Waals surface area contributed by atoms with Crippen molar-refractivity contribution in [1.82, 2.24) is 0 Å². The maximum absolute atomic E-state index is 2.41. The van der Waals surface area contributed by atoms with Crippen molar-refractivity contribution in [3.63, 3.8) is 0 Å². The van der Waals surface area contributed by atoms with Crippen molar-refractivity contribution in [1.29, 1.82) is 0 Å². The van der Waals surface area contributed by atoms with Crippen molar-refractivity contribution in [3.8, 4) is 44.5 Å². The monoisotopic (exact) mass is 589 g/mol. The van der Waals surface area contributed by atoms with Crippen LogP contribution in [-0.2, 0) is 5.41 Å². The molecule has 0 aliphatic heterocycles. The Bertz CT molecular complexity index is 2180. The van der Waals surface area contributed by atoms with Gasteiger partial charge < -0.3 is 4.90 Å². The predicted octanol–water partition coefficient (Wildman–Crippen LogP) is 12.5. The minimum absolute atomic E-state index is 0.0436. The minimum Gasteiger partial charge on any atom is -0.310 e. The zero-order valence-corrected chi connectivity index (χ0v) is 26.2. The van der Waals surface area contributed by atoms with E-state index in [0.717, 1.165) is 17.1 Å². The fourth-order valence-electron chi connectivity index (χ4n) is 7.12. The maximum atomic E-state index is 2.41. The third kappa shape index (κ3) is 4.82. The summed E-state index contributed by atoms with van der Waals surface area (Å²) >= 11 is 0. The summed E-state index contributed by atoms with van der Waals surface area (Å²) in [6.07, 6.45) is 0. The third-order valence-corrected chi connectivity index (χ3v) is 9.46. The molecule has 0 saturated carbocycles. The fraction of sp³-hybridized carbons (Fsp3) is 0.0667. The first-order valence-corrected chi connectivity index (χ1v) is 16.0. The molecule has 0 fully saturated rings. The zero-order chi connectivity index (χ0) is 31.1. The largest absolute Gasteiger partial charge is 0.310 e. The Morgan fingerprint density at radius 2 is 0.848 bits per heavy atom. The van der Waals surface area contributed by atoms with Crippen LogP contribution in [0.15, 0.2) is 176 Å². The molecule has 1 heteroatoms. The highest BCUT2D eigenvalue weighted by atomic mass is 15.1. The van der Waals surface area contributed by atoms with Crippen LogP contribution in [0.5, 0.6) is 0 Å². The average Bonchev–Trinajstić information content (AvgIpc) is 3.35. The van der Waals surface area contributed by atoms with Crippen molar-refractivity contribution < 1.29 is 0 Å². The van der Waals surface area contributed by atoms with Gasteiger partial charge in [0.2, 0.25) is 0 Å². The standard InChI is InChI=1S/C45H35N/c1-45(2)42-25-11-9-24-40(42)41-28-27-36(31-43(41)45)35-20-14-22-38(30-35)46(37-21-13-19-34(29-37)32-15-5-3-6-16-32)44-26-12-10-23-39(44)33-17-7-4-8-18-33/h3-31H,1-2H3. The number of fused-ring (bicyclic) bond motifs is 3. The van der Waals surface area contributed by atoms with E-state index in [9.17, 15) is 0 Å². The zero-order valence-electron chi connectivity index (χ0n) is 26.2. The Labute approximate surface area is 272 Å². The molecule has 0 unspecified atom stereocenters. The van der Waals surface area contributed by atoms with Crippen LogP contribution in [0.3, 0.4) is 0 Å². The van der Waals surface area contributed by atoms with Crippen molar-refractivity contribution in [2.45, 2.75) is 19.3 Å². The number of nitrogens with zero attached hydrogens (tertiary/aromatic N) is 1. The van der Waals surface area contributed by atoms with Gasteiger partial charge in [-0.15, -0.1) is 0 Å². The Kier molecular flexibility index (Phi) is 6.88. The van der Waals surface area contributed by atoms with Gasteiger partial charge in [-0.3, -0.25) is 0 Å². The molecule has 220 valence electrons. The summed E-state index contributed by atoms with van der Waals surface area (Å²) in [7, 11) is 0. The Morgan fingerprint density at radius 1 is 0.348 bits per heavy atom. The van der Waals surface area contributed by atoms with Gasteiger partial charge in [0.1, 0.15) is 0 Å². The SMILES string of the molecule is CC1(C)c2ccccc2-c2ccc(-c3cccc(N(c4cccc(-c5ccccc5)c4)c4ccccc4-c4ccccc4)c3)cc21. The molecule has 8 rings (SSSR count). The number of hydrogen-bond donors (Lipinski definition) is 0. The smallest absolute Gasteiger partial charge is 0.0540 e. The van der Waals surface area contributed by atoms with Gasteiger partial charge >= 0.3 is 0 Å². The van der Waals surface area contributed by atoms with E-state index in [2.05, 4.69) is 195 Å². The van der Waals surface area contributed by atoms with E-state index < -0.39 is 0 Å². The van der Waals surface area contributed by atoms with Gasteiger partial charge in [-0.2, -0.15) is 0 Å². The van der Waals surface area contributed by atoms with Crippen LogP contribution in [0.2, 0.25) is 0 Å². The van der Waals surface area contributed by atoms with Gasteiger partial charge in [0.15, 0.2) is 0 Å². The predicted molar refractivity (Wildman–Crippen MR) is 195 cm³/mol. The molecule has 0 N–H and O–H groups in total. The van der Waals surface area contributed by atoms with Crippen LogP contribution in [0.25, 0.3) is 44.5 Å². The quantitative estimate of drug-likeness (QED) is 0.186. The lowest BCUT2D eigenvalue weighted by Crippen LogP contribution is -2.14. The molecule has 46 heavy (non-hydrogen) atoms. The Morgan fingerprint density at radius 3 is 1.54 bits per heavy atom. The normalized spacial score (nSPS) is 12.7. The average molecular weight is 590 g/mol. The highest BCUT2D eigenvalue weighted by molar-refractivity contribution is 5.90. The van der Waals surface area contributed by atoms with Gasteiger partial charge in [0, 0.05) is 22.4 Å². The van der Waals surface area contributed by atoms with Crippen LogP contribution in [-0.4, -0.2) is 0 Å². The molecule has 7 aromatic rings.